The van der Waals surface area contributed by atoms with Crippen LogP contribution in [0.15, 0.2) is 264 Å². The van der Waals surface area contributed by atoms with Crippen molar-refractivity contribution < 1.29 is 8.83 Å². The third-order valence-corrected chi connectivity index (χ3v) is 18.5. The van der Waals surface area contributed by atoms with Crippen molar-refractivity contribution in [1.82, 2.24) is 0 Å². The highest BCUT2D eigenvalue weighted by atomic mass is 16.3. The van der Waals surface area contributed by atoms with Gasteiger partial charge in [0, 0.05) is 66.3 Å². The van der Waals surface area contributed by atoms with Crippen molar-refractivity contribution in [1.29, 1.82) is 0 Å². The summed E-state index contributed by atoms with van der Waals surface area (Å²) in [5, 5.41) is 4.46. The number of rotatable bonds is 9. The second kappa shape index (κ2) is 18.7. The molecule has 12 aromatic carbocycles. The van der Waals surface area contributed by atoms with E-state index >= 15 is 0 Å². The Morgan fingerprint density at radius 3 is 1.06 bits per heavy atom. The molecule has 0 N–H and O–H groups in total. The Labute approximate surface area is 490 Å². The second-order valence-corrected chi connectivity index (χ2v) is 24.1. The summed E-state index contributed by atoms with van der Waals surface area (Å²) in [4.78, 5) is 4.97. The number of fused-ring (bicyclic) bond motifs is 12. The number of aryl methyl sites for hydroxylation is 2. The maximum absolute atomic E-state index is 6.34. The minimum absolute atomic E-state index is 0.173. The molecule has 402 valence electrons. The summed E-state index contributed by atoms with van der Waals surface area (Å²) in [6.07, 6.45) is 0. The van der Waals surface area contributed by atoms with Crippen molar-refractivity contribution in [2.24, 2.45) is 0 Å². The summed E-state index contributed by atoms with van der Waals surface area (Å²) in [7, 11) is 0. The first-order chi connectivity index (χ1) is 41.0. The standard InChI is InChI=1S/C80H60N2O2/c1-49-43-51(31-39-71(49)81(55-35-37-61-59-21-7-13-25-67(59)79(3,4)69(61)47-55)73-27-15-9-19-57(73)53-33-41-77-65(45-53)63-23-11-17-29-75(63)83-77)52-32-40-72(50(2)44-52)82(56-36-38-62-60-22-8-14-26-68(60)80(5,6)70(62)48-56)74-28-16-10-20-58(74)54-34-42-78-66(46-54)64-24-12-18-30-76(64)84-78/h7-48H,1-6H3. The second-order valence-electron chi connectivity index (χ2n) is 24.1. The van der Waals surface area contributed by atoms with E-state index in [9.17, 15) is 0 Å². The lowest BCUT2D eigenvalue weighted by molar-refractivity contribution is 0.660. The number of furan rings is 2. The zero-order valence-electron chi connectivity index (χ0n) is 48.0. The van der Waals surface area contributed by atoms with Crippen LogP contribution in [0.5, 0.6) is 0 Å². The van der Waals surface area contributed by atoms with Gasteiger partial charge in [0.2, 0.25) is 0 Å². The number of hydrogen-bond donors (Lipinski definition) is 0. The van der Waals surface area contributed by atoms with Gasteiger partial charge in [0.15, 0.2) is 0 Å². The molecule has 0 saturated carbocycles. The Morgan fingerprint density at radius 2 is 0.619 bits per heavy atom. The predicted molar refractivity (Wildman–Crippen MR) is 351 cm³/mol. The maximum Gasteiger partial charge on any atom is 0.135 e. The Kier molecular flexibility index (Phi) is 11.0. The minimum atomic E-state index is -0.173. The largest absolute Gasteiger partial charge is 0.456 e. The summed E-state index contributed by atoms with van der Waals surface area (Å²) < 4.78 is 12.7. The van der Waals surface area contributed by atoms with Crippen LogP contribution in [0, 0.1) is 13.8 Å². The maximum atomic E-state index is 6.34. The third kappa shape index (κ3) is 7.60. The fourth-order valence-electron chi connectivity index (χ4n) is 14.3. The van der Waals surface area contributed by atoms with Crippen molar-refractivity contribution in [2.75, 3.05) is 9.80 Å². The summed E-state index contributed by atoms with van der Waals surface area (Å²) >= 11 is 0. The van der Waals surface area contributed by atoms with Crippen LogP contribution in [0.3, 0.4) is 0 Å². The molecule has 2 aliphatic rings. The van der Waals surface area contributed by atoms with Gasteiger partial charge in [-0.2, -0.15) is 0 Å². The van der Waals surface area contributed by atoms with Crippen molar-refractivity contribution >= 4 is 78.0 Å². The van der Waals surface area contributed by atoms with Gasteiger partial charge in [-0.1, -0.05) is 185 Å². The van der Waals surface area contributed by atoms with Gasteiger partial charge in [-0.25, -0.2) is 0 Å². The summed E-state index contributed by atoms with van der Waals surface area (Å²) in [5.74, 6) is 0. The van der Waals surface area contributed by atoms with E-state index in [0.717, 1.165) is 111 Å². The van der Waals surface area contributed by atoms with E-state index in [2.05, 4.69) is 294 Å². The fourth-order valence-corrected chi connectivity index (χ4v) is 14.3. The molecule has 2 heterocycles. The number of hydrogen-bond acceptors (Lipinski definition) is 4. The fraction of sp³-hybridized carbons (Fsp3) is 0.100. The smallest absolute Gasteiger partial charge is 0.135 e. The van der Waals surface area contributed by atoms with Crippen LogP contribution in [0.1, 0.15) is 61.1 Å². The highest BCUT2D eigenvalue weighted by molar-refractivity contribution is 6.08. The van der Waals surface area contributed by atoms with E-state index in [4.69, 9.17) is 8.83 Å². The SMILES string of the molecule is Cc1cc(-c2ccc(N(c3ccc4c(c3)C(C)(C)c3ccccc3-4)c3ccccc3-c3ccc4oc5ccccc5c4c3)c(C)c2)ccc1N(c1ccc2c(c1)C(C)(C)c1ccccc1-2)c1ccccc1-c1ccc2oc3ccccc3c2c1. The first kappa shape index (κ1) is 49.6. The lowest BCUT2D eigenvalue weighted by Crippen LogP contribution is -2.17. The molecule has 14 aromatic rings. The van der Waals surface area contributed by atoms with Gasteiger partial charge >= 0.3 is 0 Å². The molecule has 2 aliphatic carbocycles. The van der Waals surface area contributed by atoms with Gasteiger partial charge in [0.05, 0.1) is 11.4 Å². The molecule has 84 heavy (non-hydrogen) atoms. The van der Waals surface area contributed by atoms with E-state index in [1.807, 2.05) is 12.1 Å². The predicted octanol–water partition coefficient (Wildman–Crippen LogP) is 22.7. The number of benzene rings is 12. The zero-order valence-corrected chi connectivity index (χ0v) is 48.0. The summed E-state index contributed by atoms with van der Waals surface area (Å²) in [6.45, 7) is 14.0. The molecule has 2 aromatic heterocycles. The Hall–Kier alpha value is -10.2. The average molecular weight is 1080 g/mol. The van der Waals surface area contributed by atoms with E-state index in [1.54, 1.807) is 0 Å². The van der Waals surface area contributed by atoms with Gasteiger partial charge in [0.1, 0.15) is 22.3 Å². The number of para-hydroxylation sites is 4. The van der Waals surface area contributed by atoms with Crippen molar-refractivity contribution in [3.05, 3.63) is 288 Å². The van der Waals surface area contributed by atoms with Gasteiger partial charge in [-0.3, -0.25) is 0 Å². The van der Waals surface area contributed by atoms with Crippen LogP contribution in [-0.4, -0.2) is 0 Å². The molecule has 4 nitrogen and oxygen atoms in total. The molecule has 0 fully saturated rings. The molecular formula is C80H60N2O2. The van der Waals surface area contributed by atoms with Crippen LogP contribution >= 0.6 is 0 Å². The molecule has 0 atom stereocenters. The molecule has 0 spiro atoms. The summed E-state index contributed by atoms with van der Waals surface area (Å²) in [5.41, 5.74) is 29.7. The van der Waals surface area contributed by atoms with Crippen LogP contribution in [0.25, 0.3) is 99.5 Å². The van der Waals surface area contributed by atoms with Gasteiger partial charge in [-0.05, 0) is 189 Å². The van der Waals surface area contributed by atoms with E-state index in [1.165, 1.54) is 55.6 Å². The highest BCUT2D eigenvalue weighted by Crippen LogP contribution is 2.54. The van der Waals surface area contributed by atoms with E-state index in [-0.39, 0.29) is 10.8 Å². The van der Waals surface area contributed by atoms with Crippen LogP contribution in [0.4, 0.5) is 34.1 Å². The molecule has 4 heteroatoms. The third-order valence-electron chi connectivity index (χ3n) is 18.5. The number of anilines is 6. The molecule has 0 amide bonds. The van der Waals surface area contributed by atoms with E-state index in [0.29, 0.717) is 0 Å². The molecule has 0 saturated heterocycles. The first-order valence-electron chi connectivity index (χ1n) is 29.3. The van der Waals surface area contributed by atoms with Gasteiger partial charge in [0.25, 0.3) is 0 Å². The highest BCUT2D eigenvalue weighted by Gasteiger charge is 2.38. The first-order valence-corrected chi connectivity index (χ1v) is 29.3. The van der Waals surface area contributed by atoms with Crippen LogP contribution in [0.2, 0.25) is 0 Å². The molecule has 0 unspecified atom stereocenters. The zero-order chi connectivity index (χ0) is 56.6. The normalized spacial score (nSPS) is 13.5. The Bertz CT molecular complexity index is 4710. The number of nitrogens with zero attached hydrogens (tertiary/aromatic N) is 2. The molecule has 0 radical (unpaired) electrons. The van der Waals surface area contributed by atoms with Crippen LogP contribution < -0.4 is 9.80 Å². The Morgan fingerprint density at radius 1 is 0.262 bits per heavy atom. The molecule has 16 rings (SSSR count). The molecular weight excluding hydrogens is 1020 g/mol. The average Bonchev–Trinajstić information content (AvgIpc) is 3.95. The monoisotopic (exact) mass is 1080 g/mol. The lowest BCUT2D eigenvalue weighted by atomic mass is 9.82. The quantitative estimate of drug-likeness (QED) is 0.144. The molecule has 0 aliphatic heterocycles. The minimum Gasteiger partial charge on any atom is -0.456 e. The van der Waals surface area contributed by atoms with Crippen molar-refractivity contribution in [3.63, 3.8) is 0 Å². The van der Waals surface area contributed by atoms with Gasteiger partial charge < -0.3 is 18.6 Å². The van der Waals surface area contributed by atoms with Crippen molar-refractivity contribution in [3.8, 4) is 55.6 Å². The topological polar surface area (TPSA) is 32.8 Å². The van der Waals surface area contributed by atoms with Crippen LogP contribution in [-0.2, 0) is 10.8 Å². The van der Waals surface area contributed by atoms with Crippen molar-refractivity contribution in [2.45, 2.75) is 52.4 Å². The molecule has 0 bridgehead atoms. The summed E-state index contributed by atoms with van der Waals surface area (Å²) in [6, 6.07) is 93.7. The lowest BCUT2D eigenvalue weighted by Gasteiger charge is -2.31. The Balaban J connectivity index is 0.825. The van der Waals surface area contributed by atoms with Gasteiger partial charge in [-0.15, -0.1) is 0 Å². The van der Waals surface area contributed by atoms with E-state index < -0.39 is 0 Å².